The quantitative estimate of drug-likeness (QED) is 0.335. The van der Waals surface area contributed by atoms with Gasteiger partial charge in [-0.1, -0.05) is 59.6 Å². The lowest BCUT2D eigenvalue weighted by atomic mass is 10.1. The van der Waals surface area contributed by atoms with E-state index in [1.165, 1.54) is 0 Å². The molecule has 0 fully saturated rings. The van der Waals surface area contributed by atoms with Gasteiger partial charge in [0.1, 0.15) is 5.82 Å². The Labute approximate surface area is 208 Å². The molecule has 34 heavy (non-hydrogen) atoms. The van der Waals surface area contributed by atoms with Gasteiger partial charge in [-0.3, -0.25) is 0 Å². The van der Waals surface area contributed by atoms with Gasteiger partial charge in [-0.05, 0) is 48.4 Å². The Hall–Kier alpha value is -3.32. The number of benzene rings is 3. The van der Waals surface area contributed by atoms with Crippen molar-refractivity contribution >= 4 is 52.0 Å². The van der Waals surface area contributed by atoms with E-state index in [0.29, 0.717) is 35.6 Å². The number of fused-ring (bicyclic) bond motifs is 1. The normalized spacial score (nSPS) is 13.0. The van der Waals surface area contributed by atoms with Crippen LogP contribution >= 0.6 is 23.2 Å². The van der Waals surface area contributed by atoms with Gasteiger partial charge in [0.25, 0.3) is 0 Å². The predicted molar refractivity (Wildman–Crippen MR) is 139 cm³/mol. The summed E-state index contributed by atoms with van der Waals surface area (Å²) in [7, 11) is 0. The third-order valence-electron chi connectivity index (χ3n) is 5.68. The molecule has 1 aliphatic heterocycles. The van der Waals surface area contributed by atoms with Gasteiger partial charge in [0.05, 0.1) is 28.9 Å². The number of hydrogen-bond acceptors (Lipinski definition) is 6. The van der Waals surface area contributed by atoms with Gasteiger partial charge < -0.3 is 20.2 Å². The maximum Gasteiger partial charge on any atom is 0.229 e. The minimum absolute atomic E-state index is 0.0920. The molecule has 2 N–H and O–H groups in total. The van der Waals surface area contributed by atoms with E-state index >= 15 is 0 Å². The number of halogens is 2. The summed E-state index contributed by atoms with van der Waals surface area (Å²) >= 11 is 13.1. The van der Waals surface area contributed by atoms with Crippen LogP contribution in [0.5, 0.6) is 0 Å². The summed E-state index contributed by atoms with van der Waals surface area (Å²) in [6, 6.07) is 23.5. The fraction of sp³-hybridized carbons (Fsp3) is 0.154. The summed E-state index contributed by atoms with van der Waals surface area (Å²) in [6.07, 6.45) is 2.42. The van der Waals surface area contributed by atoms with Gasteiger partial charge in [0.15, 0.2) is 0 Å². The van der Waals surface area contributed by atoms with Gasteiger partial charge in [-0.15, -0.1) is 0 Å². The van der Waals surface area contributed by atoms with E-state index < -0.39 is 0 Å². The first kappa shape index (κ1) is 22.5. The van der Waals surface area contributed by atoms with Crippen LogP contribution in [0.1, 0.15) is 11.1 Å². The summed E-state index contributed by atoms with van der Waals surface area (Å²) < 4.78 is 0. The molecular weight excluding hydrogens is 469 g/mol. The van der Waals surface area contributed by atoms with Crippen molar-refractivity contribution in [2.45, 2.75) is 13.0 Å². The van der Waals surface area contributed by atoms with Crippen LogP contribution in [0.3, 0.4) is 0 Å². The Bertz CT molecular complexity index is 1280. The summed E-state index contributed by atoms with van der Waals surface area (Å²) in [4.78, 5) is 13.7. The van der Waals surface area contributed by atoms with Crippen molar-refractivity contribution < 1.29 is 5.11 Å². The number of hydrogen-bond donors (Lipinski definition) is 2. The topological polar surface area (TPSA) is 64.5 Å². The van der Waals surface area contributed by atoms with Crippen LogP contribution in [0.25, 0.3) is 0 Å². The Morgan fingerprint density at radius 1 is 0.941 bits per heavy atom. The molecule has 0 amide bonds. The largest absolute Gasteiger partial charge is 0.396 e. The standard InChI is InChI=1S/C26H23Cl2N5O/c27-22-10-5-11-23(28)24(22)32-16-19-15-29-26(30-20-7-2-1-3-8-20)31-25(19)33(17-32)21-9-4-6-18(14-21)12-13-34/h1-11,14-15,34H,12-13,16-17H2,(H,29,30,31). The molecule has 0 radical (unpaired) electrons. The molecule has 0 atom stereocenters. The first-order valence-electron chi connectivity index (χ1n) is 11.0. The van der Waals surface area contributed by atoms with Crippen molar-refractivity contribution in [1.29, 1.82) is 0 Å². The van der Waals surface area contributed by atoms with Crippen molar-refractivity contribution in [3.05, 3.63) is 100 Å². The zero-order valence-electron chi connectivity index (χ0n) is 18.3. The minimum Gasteiger partial charge on any atom is -0.396 e. The molecule has 0 spiro atoms. The Balaban J connectivity index is 1.57. The van der Waals surface area contributed by atoms with Crippen LogP contribution in [-0.2, 0) is 13.0 Å². The molecule has 0 aliphatic carbocycles. The highest BCUT2D eigenvalue weighted by Crippen LogP contribution is 2.40. The van der Waals surface area contributed by atoms with E-state index in [2.05, 4.69) is 26.2 Å². The van der Waals surface area contributed by atoms with E-state index in [-0.39, 0.29) is 6.61 Å². The monoisotopic (exact) mass is 491 g/mol. The Kier molecular flexibility index (Phi) is 6.54. The van der Waals surface area contributed by atoms with Crippen LogP contribution in [0.4, 0.5) is 28.8 Å². The van der Waals surface area contributed by atoms with Gasteiger partial charge in [0.2, 0.25) is 5.95 Å². The van der Waals surface area contributed by atoms with E-state index in [0.717, 1.165) is 34.0 Å². The molecule has 5 rings (SSSR count). The number of rotatable bonds is 6. The summed E-state index contributed by atoms with van der Waals surface area (Å²) in [5.41, 5.74) is 4.66. The molecule has 172 valence electrons. The molecule has 6 nitrogen and oxygen atoms in total. The maximum atomic E-state index is 9.43. The predicted octanol–water partition coefficient (Wildman–Crippen LogP) is 6.18. The minimum atomic E-state index is 0.0920. The van der Waals surface area contributed by atoms with Gasteiger partial charge in [-0.2, -0.15) is 4.98 Å². The second-order valence-electron chi connectivity index (χ2n) is 8.01. The van der Waals surface area contributed by atoms with Crippen molar-refractivity contribution in [1.82, 2.24) is 9.97 Å². The summed E-state index contributed by atoms with van der Waals surface area (Å²) in [5.74, 6) is 1.33. The van der Waals surface area contributed by atoms with Crippen molar-refractivity contribution in [2.75, 3.05) is 28.4 Å². The number of aliphatic hydroxyl groups is 1. The van der Waals surface area contributed by atoms with E-state index in [1.54, 1.807) is 0 Å². The second kappa shape index (κ2) is 9.89. The lowest BCUT2D eigenvalue weighted by Gasteiger charge is -2.39. The first-order valence-corrected chi connectivity index (χ1v) is 11.7. The molecule has 1 aromatic heterocycles. The third-order valence-corrected chi connectivity index (χ3v) is 6.29. The molecule has 0 unspecified atom stereocenters. The number of nitrogens with one attached hydrogen (secondary N) is 1. The Morgan fingerprint density at radius 2 is 1.71 bits per heavy atom. The highest BCUT2D eigenvalue weighted by Gasteiger charge is 2.28. The zero-order valence-corrected chi connectivity index (χ0v) is 19.8. The summed E-state index contributed by atoms with van der Waals surface area (Å²) in [6.45, 7) is 1.16. The highest BCUT2D eigenvalue weighted by atomic mass is 35.5. The molecular formula is C26H23Cl2N5O. The number of anilines is 5. The summed E-state index contributed by atoms with van der Waals surface area (Å²) in [5, 5.41) is 13.9. The highest BCUT2D eigenvalue weighted by molar-refractivity contribution is 6.39. The van der Waals surface area contributed by atoms with Crippen LogP contribution in [-0.4, -0.2) is 28.4 Å². The lowest BCUT2D eigenvalue weighted by molar-refractivity contribution is 0.299. The molecule has 4 aromatic rings. The van der Waals surface area contributed by atoms with E-state index in [4.69, 9.17) is 28.2 Å². The van der Waals surface area contributed by atoms with Crippen molar-refractivity contribution in [3.63, 3.8) is 0 Å². The number of aliphatic hydroxyl groups excluding tert-OH is 1. The number of para-hydroxylation sites is 2. The third kappa shape index (κ3) is 4.66. The van der Waals surface area contributed by atoms with Crippen molar-refractivity contribution in [2.24, 2.45) is 0 Å². The average Bonchev–Trinajstić information content (AvgIpc) is 2.85. The van der Waals surface area contributed by atoms with Gasteiger partial charge in [0, 0.05) is 29.7 Å². The van der Waals surface area contributed by atoms with Gasteiger partial charge >= 0.3 is 0 Å². The fourth-order valence-corrected chi connectivity index (χ4v) is 4.74. The van der Waals surface area contributed by atoms with Crippen LogP contribution in [0.2, 0.25) is 10.0 Å². The molecule has 3 aromatic carbocycles. The van der Waals surface area contributed by atoms with E-state index in [1.807, 2.05) is 72.9 Å². The zero-order chi connectivity index (χ0) is 23.5. The van der Waals surface area contributed by atoms with Crippen molar-refractivity contribution in [3.8, 4) is 0 Å². The first-order chi connectivity index (χ1) is 16.6. The SMILES string of the molecule is OCCc1cccc(N2CN(c3c(Cl)cccc3Cl)Cc3cnc(Nc4ccccc4)nc32)c1. The molecule has 0 bridgehead atoms. The van der Waals surface area contributed by atoms with Crippen LogP contribution in [0, 0.1) is 0 Å². The molecule has 8 heteroatoms. The van der Waals surface area contributed by atoms with Crippen LogP contribution < -0.4 is 15.1 Å². The van der Waals surface area contributed by atoms with E-state index in [9.17, 15) is 5.11 Å². The molecule has 1 aliphatic rings. The Morgan fingerprint density at radius 3 is 2.47 bits per heavy atom. The maximum absolute atomic E-state index is 9.43. The number of nitrogens with zero attached hydrogens (tertiary/aromatic N) is 4. The molecule has 0 saturated carbocycles. The second-order valence-corrected chi connectivity index (χ2v) is 8.83. The fourth-order valence-electron chi connectivity index (χ4n) is 4.10. The van der Waals surface area contributed by atoms with Crippen LogP contribution in [0.15, 0.2) is 79.0 Å². The van der Waals surface area contributed by atoms with Gasteiger partial charge in [-0.25, -0.2) is 4.98 Å². The average molecular weight is 492 g/mol. The lowest BCUT2D eigenvalue weighted by Crippen LogP contribution is -2.41. The molecule has 2 heterocycles. The number of aromatic nitrogens is 2. The molecule has 0 saturated heterocycles. The smallest absolute Gasteiger partial charge is 0.229 e.